The lowest BCUT2D eigenvalue weighted by molar-refractivity contribution is 0.102. The van der Waals surface area contributed by atoms with Gasteiger partial charge in [0.1, 0.15) is 16.5 Å². The van der Waals surface area contributed by atoms with Gasteiger partial charge in [-0.25, -0.2) is 4.98 Å². The lowest BCUT2D eigenvalue weighted by atomic mass is 10.2. The van der Waals surface area contributed by atoms with Gasteiger partial charge < -0.3 is 10.1 Å². The number of carbonyl (C=O) groups is 1. The van der Waals surface area contributed by atoms with Crippen molar-refractivity contribution in [3.63, 3.8) is 0 Å². The van der Waals surface area contributed by atoms with Crippen LogP contribution in [0.3, 0.4) is 0 Å². The standard InChI is InChI=1S/C18H15BrN2O2S/c1-11-3-8-15(14(19)9-11)20-17(22)16-10-24-18(21-16)12-4-6-13(23-2)7-5-12/h3-10H,1-2H3,(H,20,22). The van der Waals surface area contributed by atoms with E-state index in [1.54, 1.807) is 12.5 Å². The molecule has 0 aliphatic carbocycles. The number of nitrogens with zero attached hydrogens (tertiary/aromatic N) is 1. The van der Waals surface area contributed by atoms with Crippen LogP contribution in [0.25, 0.3) is 10.6 Å². The maximum atomic E-state index is 12.4. The van der Waals surface area contributed by atoms with Crippen LogP contribution in [0.5, 0.6) is 5.75 Å². The SMILES string of the molecule is COc1ccc(-c2nc(C(=O)Nc3ccc(C)cc3Br)cs2)cc1. The monoisotopic (exact) mass is 402 g/mol. The van der Waals surface area contributed by atoms with Crippen LogP contribution >= 0.6 is 27.3 Å². The van der Waals surface area contributed by atoms with Gasteiger partial charge in [0.2, 0.25) is 0 Å². The van der Waals surface area contributed by atoms with Crippen LogP contribution in [-0.4, -0.2) is 18.0 Å². The Balaban J connectivity index is 1.77. The molecule has 0 bridgehead atoms. The number of amides is 1. The molecule has 3 aromatic rings. The van der Waals surface area contributed by atoms with Crippen molar-refractivity contribution in [3.05, 3.63) is 63.6 Å². The molecule has 0 atom stereocenters. The van der Waals surface area contributed by atoms with Gasteiger partial charge in [-0.05, 0) is 64.8 Å². The summed E-state index contributed by atoms with van der Waals surface area (Å²) in [6.45, 7) is 2.00. The summed E-state index contributed by atoms with van der Waals surface area (Å²) in [6.07, 6.45) is 0. The second kappa shape index (κ2) is 7.15. The molecule has 24 heavy (non-hydrogen) atoms. The number of rotatable bonds is 4. The number of aryl methyl sites for hydroxylation is 1. The fourth-order valence-corrected chi connectivity index (χ4v) is 3.55. The summed E-state index contributed by atoms with van der Waals surface area (Å²) in [7, 11) is 1.63. The van der Waals surface area contributed by atoms with E-state index in [0.717, 1.165) is 32.0 Å². The highest BCUT2D eigenvalue weighted by atomic mass is 79.9. The molecule has 122 valence electrons. The number of benzene rings is 2. The maximum Gasteiger partial charge on any atom is 0.275 e. The van der Waals surface area contributed by atoms with Crippen molar-refractivity contribution in [2.75, 3.05) is 12.4 Å². The van der Waals surface area contributed by atoms with E-state index in [-0.39, 0.29) is 5.91 Å². The first-order chi connectivity index (χ1) is 11.6. The Hall–Kier alpha value is -2.18. The first-order valence-corrected chi connectivity index (χ1v) is 8.91. The first kappa shape index (κ1) is 16.7. The van der Waals surface area contributed by atoms with Crippen LogP contribution in [-0.2, 0) is 0 Å². The molecular weight excluding hydrogens is 388 g/mol. The molecule has 1 aromatic heterocycles. The van der Waals surface area contributed by atoms with Crippen molar-refractivity contribution >= 4 is 38.9 Å². The molecular formula is C18H15BrN2O2S. The third-order valence-electron chi connectivity index (χ3n) is 3.45. The van der Waals surface area contributed by atoms with Crippen molar-refractivity contribution in [3.8, 4) is 16.3 Å². The van der Waals surface area contributed by atoms with Gasteiger partial charge in [0.25, 0.3) is 5.91 Å². The fraction of sp³-hybridized carbons (Fsp3) is 0.111. The van der Waals surface area contributed by atoms with Crippen LogP contribution in [0.15, 0.2) is 52.3 Å². The molecule has 2 aromatic carbocycles. The Morgan fingerprint density at radius 2 is 1.96 bits per heavy atom. The summed E-state index contributed by atoms with van der Waals surface area (Å²) in [5.74, 6) is 0.563. The third-order valence-corrected chi connectivity index (χ3v) is 4.99. The average Bonchev–Trinajstić information content (AvgIpc) is 3.07. The zero-order valence-corrected chi connectivity index (χ0v) is 15.6. The molecule has 1 N–H and O–H groups in total. The van der Waals surface area contributed by atoms with Crippen molar-refractivity contribution in [2.24, 2.45) is 0 Å². The predicted octanol–water partition coefficient (Wildman–Crippen LogP) is 5.14. The molecule has 3 rings (SSSR count). The largest absolute Gasteiger partial charge is 0.497 e. The Morgan fingerprint density at radius 1 is 1.21 bits per heavy atom. The van der Waals surface area contributed by atoms with Crippen molar-refractivity contribution in [2.45, 2.75) is 6.92 Å². The predicted molar refractivity (Wildman–Crippen MR) is 101 cm³/mol. The molecule has 0 saturated heterocycles. The summed E-state index contributed by atoms with van der Waals surface area (Å²) >= 11 is 4.90. The van der Waals surface area contributed by atoms with Crippen LogP contribution in [0.1, 0.15) is 16.1 Å². The van der Waals surface area contributed by atoms with Gasteiger partial charge in [-0.15, -0.1) is 11.3 Å². The quantitative estimate of drug-likeness (QED) is 0.656. The minimum Gasteiger partial charge on any atom is -0.497 e. The number of anilines is 1. The lowest BCUT2D eigenvalue weighted by Gasteiger charge is -2.06. The van der Waals surface area contributed by atoms with E-state index in [4.69, 9.17) is 4.74 Å². The minimum atomic E-state index is -0.226. The van der Waals surface area contributed by atoms with Crippen molar-refractivity contribution < 1.29 is 9.53 Å². The molecule has 1 amide bonds. The molecule has 0 radical (unpaired) electrons. The van der Waals surface area contributed by atoms with E-state index in [2.05, 4.69) is 26.2 Å². The summed E-state index contributed by atoms with van der Waals surface area (Å²) in [5, 5.41) is 5.43. The zero-order chi connectivity index (χ0) is 17.1. The van der Waals surface area contributed by atoms with Gasteiger partial charge in [-0.1, -0.05) is 6.07 Å². The van der Waals surface area contributed by atoms with Crippen molar-refractivity contribution in [1.29, 1.82) is 0 Å². The number of thiazole rings is 1. The Kier molecular flexibility index (Phi) is 4.97. The van der Waals surface area contributed by atoms with E-state index in [1.165, 1.54) is 11.3 Å². The van der Waals surface area contributed by atoms with E-state index >= 15 is 0 Å². The average molecular weight is 403 g/mol. The maximum absolute atomic E-state index is 12.4. The summed E-state index contributed by atoms with van der Waals surface area (Å²) in [5.41, 5.74) is 3.20. The molecule has 0 aliphatic rings. The van der Waals surface area contributed by atoms with Crippen LogP contribution in [0.4, 0.5) is 5.69 Å². The highest BCUT2D eigenvalue weighted by Gasteiger charge is 2.13. The molecule has 1 heterocycles. The molecule has 0 aliphatic heterocycles. The summed E-state index contributed by atoms with van der Waals surface area (Å²) in [4.78, 5) is 16.8. The number of methoxy groups -OCH3 is 1. The van der Waals surface area contributed by atoms with Crippen LogP contribution < -0.4 is 10.1 Å². The molecule has 0 unspecified atom stereocenters. The van der Waals surface area contributed by atoms with E-state index in [0.29, 0.717) is 5.69 Å². The smallest absolute Gasteiger partial charge is 0.275 e. The highest BCUT2D eigenvalue weighted by molar-refractivity contribution is 9.10. The minimum absolute atomic E-state index is 0.226. The molecule has 6 heteroatoms. The summed E-state index contributed by atoms with van der Waals surface area (Å²) in [6, 6.07) is 13.4. The van der Waals surface area contributed by atoms with Gasteiger partial charge in [-0.3, -0.25) is 4.79 Å². The van der Waals surface area contributed by atoms with Crippen LogP contribution in [0, 0.1) is 6.92 Å². The zero-order valence-electron chi connectivity index (χ0n) is 13.2. The van der Waals surface area contributed by atoms with Gasteiger partial charge in [0.15, 0.2) is 0 Å². The Labute approximate surface area is 152 Å². The van der Waals surface area contributed by atoms with E-state index in [1.807, 2.05) is 49.4 Å². The number of carbonyl (C=O) groups excluding carboxylic acids is 1. The number of hydrogen-bond acceptors (Lipinski definition) is 4. The van der Waals surface area contributed by atoms with Gasteiger partial charge >= 0.3 is 0 Å². The second-order valence-corrected chi connectivity index (χ2v) is 6.92. The van der Waals surface area contributed by atoms with Gasteiger partial charge in [0.05, 0.1) is 12.8 Å². The Bertz CT molecular complexity index is 875. The van der Waals surface area contributed by atoms with Crippen molar-refractivity contribution in [1.82, 2.24) is 4.98 Å². The van der Waals surface area contributed by atoms with Gasteiger partial charge in [0, 0.05) is 15.4 Å². The van der Waals surface area contributed by atoms with Gasteiger partial charge in [-0.2, -0.15) is 0 Å². The fourth-order valence-electron chi connectivity index (χ4n) is 2.15. The number of aromatic nitrogens is 1. The number of ether oxygens (including phenoxy) is 1. The topological polar surface area (TPSA) is 51.2 Å². The molecule has 0 spiro atoms. The summed E-state index contributed by atoms with van der Waals surface area (Å²) < 4.78 is 6.00. The van der Waals surface area contributed by atoms with Crippen LogP contribution in [0.2, 0.25) is 0 Å². The van der Waals surface area contributed by atoms with E-state index in [9.17, 15) is 4.79 Å². The molecule has 4 nitrogen and oxygen atoms in total. The Morgan fingerprint density at radius 3 is 2.62 bits per heavy atom. The molecule has 0 saturated carbocycles. The number of nitrogens with one attached hydrogen (secondary N) is 1. The third kappa shape index (κ3) is 3.66. The molecule has 0 fully saturated rings. The number of hydrogen-bond donors (Lipinski definition) is 1. The highest BCUT2D eigenvalue weighted by Crippen LogP contribution is 2.27. The lowest BCUT2D eigenvalue weighted by Crippen LogP contribution is -2.12. The first-order valence-electron chi connectivity index (χ1n) is 7.24. The van der Waals surface area contributed by atoms with E-state index < -0.39 is 0 Å². The second-order valence-electron chi connectivity index (χ2n) is 5.20. The normalized spacial score (nSPS) is 10.5. The number of halogens is 1.